The van der Waals surface area contributed by atoms with Crippen LogP contribution in [0.2, 0.25) is 0 Å². The molecular formula is C13H17NO4S. The molecule has 0 radical (unpaired) electrons. The summed E-state index contributed by atoms with van der Waals surface area (Å²) < 4.78 is 25.3. The minimum absolute atomic E-state index is 0.0668. The number of sulfonamides is 1. The van der Waals surface area contributed by atoms with Gasteiger partial charge in [0.05, 0.1) is 12.2 Å². The van der Waals surface area contributed by atoms with Gasteiger partial charge in [-0.3, -0.25) is 0 Å². The van der Waals surface area contributed by atoms with Gasteiger partial charge in [0.2, 0.25) is 10.0 Å². The zero-order valence-corrected chi connectivity index (χ0v) is 11.2. The van der Waals surface area contributed by atoms with Gasteiger partial charge >= 0.3 is 0 Å². The molecule has 1 aromatic carbocycles. The van der Waals surface area contributed by atoms with Crippen molar-refractivity contribution in [3.05, 3.63) is 41.3 Å². The number of aliphatic hydroxyl groups excluding tert-OH is 2. The van der Waals surface area contributed by atoms with Gasteiger partial charge in [-0.2, -0.15) is 4.31 Å². The van der Waals surface area contributed by atoms with E-state index in [1.54, 1.807) is 12.1 Å². The standard InChI is InChI=1S/C13H17NO4S/c15-12-6-8-14(10-13(12)16)19(17,18)9-7-11-4-2-1-3-5-11/h1-5,7,9,12-13,15-16H,6,8,10H2/b9-7+/t12-,13-/m1/s1. The van der Waals surface area contributed by atoms with Crippen LogP contribution in [-0.4, -0.2) is 48.2 Å². The lowest BCUT2D eigenvalue weighted by Gasteiger charge is -2.31. The highest BCUT2D eigenvalue weighted by Gasteiger charge is 2.31. The number of aliphatic hydroxyl groups is 2. The predicted molar refractivity (Wildman–Crippen MR) is 72.6 cm³/mol. The van der Waals surface area contributed by atoms with Gasteiger partial charge in [0, 0.05) is 18.5 Å². The summed E-state index contributed by atoms with van der Waals surface area (Å²) in [5, 5.41) is 20.0. The summed E-state index contributed by atoms with van der Waals surface area (Å²) in [6.45, 7) is 0.155. The number of piperidine rings is 1. The van der Waals surface area contributed by atoms with Crippen molar-refractivity contribution < 1.29 is 18.6 Å². The van der Waals surface area contributed by atoms with Gasteiger partial charge in [-0.1, -0.05) is 30.3 Å². The van der Waals surface area contributed by atoms with Gasteiger partial charge in [-0.15, -0.1) is 0 Å². The fourth-order valence-corrected chi connectivity index (χ4v) is 3.16. The summed E-state index contributed by atoms with van der Waals surface area (Å²) in [4.78, 5) is 0. The molecule has 0 amide bonds. The van der Waals surface area contributed by atoms with Crippen molar-refractivity contribution in [2.75, 3.05) is 13.1 Å². The molecule has 0 saturated carbocycles. The summed E-state index contributed by atoms with van der Waals surface area (Å²) in [6.07, 6.45) is -0.0926. The van der Waals surface area contributed by atoms with E-state index in [-0.39, 0.29) is 19.5 Å². The van der Waals surface area contributed by atoms with Crippen molar-refractivity contribution in [1.29, 1.82) is 0 Å². The van der Waals surface area contributed by atoms with Crippen LogP contribution in [0.1, 0.15) is 12.0 Å². The highest BCUT2D eigenvalue weighted by molar-refractivity contribution is 7.92. The smallest absolute Gasteiger partial charge is 0.236 e. The van der Waals surface area contributed by atoms with Crippen molar-refractivity contribution in [3.8, 4) is 0 Å². The van der Waals surface area contributed by atoms with E-state index in [4.69, 9.17) is 0 Å². The molecule has 2 N–H and O–H groups in total. The maximum Gasteiger partial charge on any atom is 0.236 e. The Kier molecular flexibility index (Phi) is 4.36. The summed E-state index contributed by atoms with van der Waals surface area (Å²) in [7, 11) is -3.56. The highest BCUT2D eigenvalue weighted by atomic mass is 32.2. The first-order valence-electron chi connectivity index (χ1n) is 6.08. The Balaban J connectivity index is 2.09. The molecule has 1 saturated heterocycles. The van der Waals surface area contributed by atoms with E-state index in [9.17, 15) is 18.6 Å². The van der Waals surface area contributed by atoms with Gasteiger partial charge in [-0.25, -0.2) is 8.42 Å². The summed E-state index contributed by atoms with van der Waals surface area (Å²) in [6, 6.07) is 9.12. The third-order valence-corrected chi connectivity index (χ3v) is 4.63. The molecule has 2 rings (SSSR count). The fourth-order valence-electron chi connectivity index (χ4n) is 1.94. The second-order valence-corrected chi connectivity index (χ2v) is 6.36. The molecule has 1 aliphatic heterocycles. The number of benzene rings is 1. The molecular weight excluding hydrogens is 266 g/mol. The Bertz CT molecular complexity index is 541. The molecule has 0 bridgehead atoms. The second-order valence-electron chi connectivity index (χ2n) is 4.54. The first-order chi connectivity index (χ1) is 8.99. The minimum Gasteiger partial charge on any atom is -0.390 e. The van der Waals surface area contributed by atoms with Crippen LogP contribution in [0.25, 0.3) is 6.08 Å². The number of nitrogens with zero attached hydrogens (tertiary/aromatic N) is 1. The summed E-state index contributed by atoms with van der Waals surface area (Å²) in [5.41, 5.74) is 0.795. The molecule has 0 spiro atoms. The van der Waals surface area contributed by atoms with E-state index in [0.717, 1.165) is 11.0 Å². The van der Waals surface area contributed by atoms with Crippen molar-refractivity contribution in [2.24, 2.45) is 0 Å². The summed E-state index contributed by atoms with van der Waals surface area (Å²) >= 11 is 0. The first kappa shape index (κ1) is 14.2. The number of hydrogen-bond acceptors (Lipinski definition) is 4. The van der Waals surface area contributed by atoms with Gasteiger partial charge in [0.1, 0.15) is 0 Å². The molecule has 1 fully saturated rings. The highest BCUT2D eigenvalue weighted by Crippen LogP contribution is 2.16. The average Bonchev–Trinajstić information content (AvgIpc) is 2.41. The Morgan fingerprint density at radius 2 is 1.84 bits per heavy atom. The first-order valence-corrected chi connectivity index (χ1v) is 7.59. The molecule has 104 valence electrons. The van der Waals surface area contributed by atoms with Crippen LogP contribution in [0.15, 0.2) is 35.7 Å². The van der Waals surface area contributed by atoms with Crippen LogP contribution in [0.5, 0.6) is 0 Å². The zero-order valence-electron chi connectivity index (χ0n) is 10.4. The van der Waals surface area contributed by atoms with Crippen molar-refractivity contribution in [3.63, 3.8) is 0 Å². The Morgan fingerprint density at radius 3 is 2.47 bits per heavy atom. The lowest BCUT2D eigenvalue weighted by Crippen LogP contribution is -2.48. The normalized spacial score (nSPS) is 25.8. The molecule has 19 heavy (non-hydrogen) atoms. The van der Waals surface area contributed by atoms with Crippen LogP contribution in [0.3, 0.4) is 0 Å². The molecule has 0 unspecified atom stereocenters. The molecule has 2 atom stereocenters. The maximum absolute atomic E-state index is 12.1. The van der Waals surface area contributed by atoms with Gasteiger partial charge < -0.3 is 10.2 Å². The number of hydrogen-bond donors (Lipinski definition) is 2. The average molecular weight is 283 g/mol. The van der Waals surface area contributed by atoms with E-state index in [0.29, 0.717) is 0 Å². The third kappa shape index (κ3) is 3.63. The second kappa shape index (κ2) is 5.83. The maximum atomic E-state index is 12.1. The third-order valence-electron chi connectivity index (χ3n) is 3.10. The largest absolute Gasteiger partial charge is 0.390 e. The zero-order chi connectivity index (χ0) is 13.9. The quantitative estimate of drug-likeness (QED) is 0.842. The molecule has 5 nitrogen and oxygen atoms in total. The lowest BCUT2D eigenvalue weighted by molar-refractivity contribution is -0.0189. The molecule has 0 aromatic heterocycles. The van der Waals surface area contributed by atoms with Crippen LogP contribution >= 0.6 is 0 Å². The lowest BCUT2D eigenvalue weighted by atomic mass is 10.1. The number of β-amino-alcohol motifs (C(OH)–C–C–N with tert-alkyl or cyclic N) is 1. The molecule has 1 aliphatic rings. The van der Waals surface area contributed by atoms with Gasteiger partial charge in [0.15, 0.2) is 0 Å². The van der Waals surface area contributed by atoms with Crippen molar-refractivity contribution in [2.45, 2.75) is 18.6 Å². The number of rotatable bonds is 3. The van der Waals surface area contributed by atoms with Gasteiger partial charge in [-0.05, 0) is 18.1 Å². The molecule has 0 aliphatic carbocycles. The van der Waals surface area contributed by atoms with Crippen LogP contribution in [0, 0.1) is 0 Å². The Morgan fingerprint density at radius 1 is 1.16 bits per heavy atom. The van der Waals surface area contributed by atoms with Crippen LogP contribution < -0.4 is 0 Å². The fraction of sp³-hybridized carbons (Fsp3) is 0.385. The Hall–Kier alpha value is -1.21. The SMILES string of the molecule is O=S(=O)(/C=C/c1ccccc1)N1CC[C@@H](O)[C@H](O)C1. The van der Waals surface area contributed by atoms with Crippen molar-refractivity contribution >= 4 is 16.1 Å². The molecule has 6 heteroatoms. The van der Waals surface area contributed by atoms with Gasteiger partial charge in [0.25, 0.3) is 0 Å². The van der Waals surface area contributed by atoms with E-state index in [1.807, 2.05) is 18.2 Å². The predicted octanol–water partition coefficient (Wildman–Crippen LogP) is 0.415. The van der Waals surface area contributed by atoms with E-state index in [2.05, 4.69) is 0 Å². The monoisotopic (exact) mass is 283 g/mol. The Labute approximate surface area is 112 Å². The molecule has 1 aromatic rings. The van der Waals surface area contributed by atoms with Crippen LogP contribution in [0.4, 0.5) is 0 Å². The van der Waals surface area contributed by atoms with Crippen LogP contribution in [-0.2, 0) is 10.0 Å². The summed E-state index contributed by atoms with van der Waals surface area (Å²) in [5.74, 6) is 0. The van der Waals surface area contributed by atoms with E-state index >= 15 is 0 Å². The topological polar surface area (TPSA) is 77.8 Å². The van der Waals surface area contributed by atoms with E-state index < -0.39 is 22.2 Å². The molecule has 1 heterocycles. The van der Waals surface area contributed by atoms with E-state index in [1.165, 1.54) is 10.4 Å². The van der Waals surface area contributed by atoms with Crippen molar-refractivity contribution in [1.82, 2.24) is 4.31 Å². The minimum atomic E-state index is -3.56.